The molecule has 4 nitrogen and oxygen atoms in total. The molecule has 1 fully saturated rings. The summed E-state index contributed by atoms with van der Waals surface area (Å²) >= 11 is 0. The first-order chi connectivity index (χ1) is 6.88. The molecule has 4 heteroatoms. The smallest absolute Gasteiger partial charge is 0.0726 e. The van der Waals surface area contributed by atoms with Crippen LogP contribution in [0, 0.1) is 0 Å². The molecule has 76 valence electrons. The molecule has 1 aliphatic rings. The number of hydrogen-bond acceptors (Lipinski definition) is 4. The lowest BCUT2D eigenvalue weighted by Crippen LogP contribution is -2.29. The first kappa shape index (κ1) is 9.55. The number of likely N-dealkylation sites (N-methyl/N-ethyl adjacent to an activating group) is 1. The van der Waals surface area contributed by atoms with Gasteiger partial charge in [0.1, 0.15) is 0 Å². The minimum Gasteiger partial charge on any atom is -0.316 e. The molecule has 0 saturated carbocycles. The lowest BCUT2D eigenvalue weighted by molar-refractivity contribution is 0.318. The van der Waals surface area contributed by atoms with Crippen LogP contribution in [0.3, 0.4) is 0 Å². The minimum absolute atomic E-state index is 0.645. The van der Waals surface area contributed by atoms with E-state index in [2.05, 4.69) is 20.2 Å². The van der Waals surface area contributed by atoms with Gasteiger partial charge in [0.2, 0.25) is 0 Å². The molecule has 2 rings (SSSR count). The molecule has 0 amide bonds. The molecule has 0 radical (unpaired) electrons. The van der Waals surface area contributed by atoms with E-state index in [1.54, 1.807) is 12.4 Å². The van der Waals surface area contributed by atoms with E-state index in [0.29, 0.717) is 6.04 Å². The van der Waals surface area contributed by atoms with Gasteiger partial charge in [-0.15, -0.1) is 0 Å². The normalized spacial score (nSPS) is 22.8. The SMILES string of the molecule is CNC1CCN(Cc2cnccn2)C1. The zero-order valence-corrected chi connectivity index (χ0v) is 8.48. The molecular formula is C10H16N4. The molecule has 14 heavy (non-hydrogen) atoms. The largest absolute Gasteiger partial charge is 0.316 e. The summed E-state index contributed by atoms with van der Waals surface area (Å²) in [5.41, 5.74) is 1.06. The fourth-order valence-corrected chi connectivity index (χ4v) is 1.85. The quantitative estimate of drug-likeness (QED) is 0.746. The fourth-order valence-electron chi connectivity index (χ4n) is 1.85. The lowest BCUT2D eigenvalue weighted by atomic mass is 10.3. The number of hydrogen-bond donors (Lipinski definition) is 1. The molecule has 0 aliphatic carbocycles. The summed E-state index contributed by atoms with van der Waals surface area (Å²) in [4.78, 5) is 10.7. The van der Waals surface area contributed by atoms with E-state index in [1.807, 2.05) is 13.2 Å². The van der Waals surface area contributed by atoms with Crippen molar-refractivity contribution < 1.29 is 0 Å². The Hall–Kier alpha value is -1.00. The Morgan fingerprint density at radius 1 is 1.57 bits per heavy atom. The van der Waals surface area contributed by atoms with Gasteiger partial charge >= 0.3 is 0 Å². The Morgan fingerprint density at radius 3 is 3.14 bits per heavy atom. The zero-order chi connectivity index (χ0) is 9.80. The van der Waals surface area contributed by atoms with Crippen molar-refractivity contribution in [3.8, 4) is 0 Å². The van der Waals surface area contributed by atoms with Gasteiger partial charge in [0.15, 0.2) is 0 Å². The minimum atomic E-state index is 0.645. The zero-order valence-electron chi connectivity index (χ0n) is 8.48. The van der Waals surface area contributed by atoms with E-state index in [-0.39, 0.29) is 0 Å². The van der Waals surface area contributed by atoms with Crippen LogP contribution in [-0.2, 0) is 6.54 Å². The standard InChI is InChI=1S/C10H16N4/c1-11-9-2-5-14(7-9)8-10-6-12-3-4-13-10/h3-4,6,9,11H,2,5,7-8H2,1H3. The second kappa shape index (κ2) is 4.48. The van der Waals surface area contributed by atoms with E-state index >= 15 is 0 Å². The van der Waals surface area contributed by atoms with E-state index in [4.69, 9.17) is 0 Å². The molecule has 0 spiro atoms. The van der Waals surface area contributed by atoms with E-state index < -0.39 is 0 Å². The molecule has 0 aromatic carbocycles. The highest BCUT2D eigenvalue weighted by molar-refractivity contribution is 4.95. The Morgan fingerprint density at radius 2 is 2.50 bits per heavy atom. The summed E-state index contributed by atoms with van der Waals surface area (Å²) in [5, 5.41) is 3.30. The monoisotopic (exact) mass is 192 g/mol. The summed E-state index contributed by atoms with van der Waals surface area (Å²) in [6, 6.07) is 0.645. The first-order valence-electron chi connectivity index (χ1n) is 5.03. The second-order valence-electron chi connectivity index (χ2n) is 3.71. The van der Waals surface area contributed by atoms with Crippen LogP contribution >= 0.6 is 0 Å². The molecule has 1 N–H and O–H groups in total. The number of nitrogens with one attached hydrogen (secondary N) is 1. The number of rotatable bonds is 3. The van der Waals surface area contributed by atoms with Crippen molar-refractivity contribution in [2.75, 3.05) is 20.1 Å². The Bertz CT molecular complexity index is 275. The highest BCUT2D eigenvalue weighted by Gasteiger charge is 2.20. The summed E-state index contributed by atoms with van der Waals surface area (Å²) in [7, 11) is 2.02. The maximum atomic E-state index is 4.27. The highest BCUT2D eigenvalue weighted by atomic mass is 15.2. The third-order valence-corrected chi connectivity index (χ3v) is 2.68. The highest BCUT2D eigenvalue weighted by Crippen LogP contribution is 2.11. The molecule has 1 saturated heterocycles. The van der Waals surface area contributed by atoms with Crippen molar-refractivity contribution in [2.45, 2.75) is 19.0 Å². The first-order valence-corrected chi connectivity index (χ1v) is 5.03. The summed E-state index contributed by atoms with van der Waals surface area (Å²) < 4.78 is 0. The van der Waals surface area contributed by atoms with Crippen molar-refractivity contribution in [1.29, 1.82) is 0 Å². The average molecular weight is 192 g/mol. The maximum Gasteiger partial charge on any atom is 0.0726 e. The van der Waals surface area contributed by atoms with E-state index in [1.165, 1.54) is 6.42 Å². The van der Waals surface area contributed by atoms with Crippen LogP contribution in [0.15, 0.2) is 18.6 Å². The van der Waals surface area contributed by atoms with Crippen LogP contribution < -0.4 is 5.32 Å². The molecule has 1 atom stereocenters. The number of nitrogens with zero attached hydrogens (tertiary/aromatic N) is 3. The number of aromatic nitrogens is 2. The van der Waals surface area contributed by atoms with Gasteiger partial charge in [-0.3, -0.25) is 14.9 Å². The van der Waals surface area contributed by atoms with Crippen LogP contribution in [-0.4, -0.2) is 41.0 Å². The Kier molecular flexibility index (Phi) is 3.06. The van der Waals surface area contributed by atoms with Gasteiger partial charge in [-0.05, 0) is 13.5 Å². The topological polar surface area (TPSA) is 41.0 Å². The van der Waals surface area contributed by atoms with Crippen molar-refractivity contribution in [3.05, 3.63) is 24.3 Å². The maximum absolute atomic E-state index is 4.27. The lowest BCUT2D eigenvalue weighted by Gasteiger charge is -2.14. The molecule has 1 aliphatic heterocycles. The van der Waals surface area contributed by atoms with Crippen molar-refractivity contribution in [3.63, 3.8) is 0 Å². The molecule has 1 unspecified atom stereocenters. The van der Waals surface area contributed by atoms with E-state index in [0.717, 1.165) is 25.3 Å². The van der Waals surface area contributed by atoms with Gasteiger partial charge in [0.05, 0.1) is 5.69 Å². The van der Waals surface area contributed by atoms with Gasteiger partial charge < -0.3 is 5.32 Å². The summed E-state index contributed by atoms with van der Waals surface area (Å²) in [5.74, 6) is 0. The predicted molar refractivity (Wildman–Crippen MR) is 54.8 cm³/mol. The summed E-state index contributed by atoms with van der Waals surface area (Å²) in [6.45, 7) is 3.20. The van der Waals surface area contributed by atoms with Crippen molar-refractivity contribution >= 4 is 0 Å². The average Bonchev–Trinajstić information content (AvgIpc) is 2.67. The molecule has 1 aromatic rings. The number of likely N-dealkylation sites (tertiary alicyclic amines) is 1. The van der Waals surface area contributed by atoms with Crippen LogP contribution in [0.25, 0.3) is 0 Å². The molecule has 1 aromatic heterocycles. The fraction of sp³-hybridized carbons (Fsp3) is 0.600. The van der Waals surface area contributed by atoms with Crippen molar-refractivity contribution in [2.24, 2.45) is 0 Å². The van der Waals surface area contributed by atoms with Gasteiger partial charge in [0, 0.05) is 44.3 Å². The van der Waals surface area contributed by atoms with E-state index in [9.17, 15) is 0 Å². The Labute approximate surface area is 84.4 Å². The third-order valence-electron chi connectivity index (χ3n) is 2.68. The summed E-state index contributed by atoms with van der Waals surface area (Å²) in [6.07, 6.45) is 6.54. The second-order valence-corrected chi connectivity index (χ2v) is 3.71. The third kappa shape index (κ3) is 2.27. The van der Waals surface area contributed by atoms with Crippen LogP contribution in [0.5, 0.6) is 0 Å². The van der Waals surface area contributed by atoms with Gasteiger partial charge in [-0.25, -0.2) is 0 Å². The van der Waals surface area contributed by atoms with Crippen LogP contribution in [0.1, 0.15) is 12.1 Å². The van der Waals surface area contributed by atoms with Crippen LogP contribution in [0.4, 0.5) is 0 Å². The molecule has 2 heterocycles. The molecule has 0 bridgehead atoms. The van der Waals surface area contributed by atoms with Crippen molar-refractivity contribution in [1.82, 2.24) is 20.2 Å². The predicted octanol–water partition coefficient (Wildman–Crippen LogP) is 0.270. The Balaban J connectivity index is 1.88. The van der Waals surface area contributed by atoms with Crippen LogP contribution in [0.2, 0.25) is 0 Å². The van der Waals surface area contributed by atoms with Gasteiger partial charge in [-0.1, -0.05) is 0 Å². The van der Waals surface area contributed by atoms with Gasteiger partial charge in [-0.2, -0.15) is 0 Å². The van der Waals surface area contributed by atoms with Gasteiger partial charge in [0.25, 0.3) is 0 Å². The molecular weight excluding hydrogens is 176 g/mol.